The Bertz CT molecular complexity index is 654. The van der Waals surface area contributed by atoms with E-state index in [4.69, 9.17) is 10.5 Å². The number of ether oxygens (including phenoxy) is 1. The SMILES string of the molecule is CCCCOC(=O)n1c(SCC(N)=O)nc2ccccc21. The van der Waals surface area contributed by atoms with Gasteiger partial charge < -0.3 is 10.5 Å². The lowest BCUT2D eigenvalue weighted by Crippen LogP contribution is -2.17. The Kier molecular flexibility index (Phi) is 5.21. The van der Waals surface area contributed by atoms with Crippen molar-refractivity contribution in [1.82, 2.24) is 9.55 Å². The lowest BCUT2D eigenvalue weighted by atomic mass is 10.3. The van der Waals surface area contributed by atoms with E-state index in [1.165, 1.54) is 4.57 Å². The molecule has 1 heterocycles. The number of benzene rings is 1. The number of fused-ring (bicyclic) bond motifs is 1. The quantitative estimate of drug-likeness (QED) is 0.654. The molecule has 0 unspecified atom stereocenters. The summed E-state index contributed by atoms with van der Waals surface area (Å²) in [6.45, 7) is 2.39. The van der Waals surface area contributed by atoms with Gasteiger partial charge in [0.1, 0.15) is 0 Å². The van der Waals surface area contributed by atoms with Crippen LogP contribution in [0, 0.1) is 0 Å². The minimum absolute atomic E-state index is 0.0611. The Balaban J connectivity index is 2.30. The maximum absolute atomic E-state index is 12.2. The van der Waals surface area contributed by atoms with E-state index in [1.807, 2.05) is 19.1 Å². The normalized spacial score (nSPS) is 10.7. The summed E-state index contributed by atoms with van der Waals surface area (Å²) in [4.78, 5) is 27.5. The molecule has 2 aromatic rings. The van der Waals surface area contributed by atoms with Crippen LogP contribution in [0.5, 0.6) is 0 Å². The van der Waals surface area contributed by atoms with Crippen LogP contribution in [-0.4, -0.2) is 33.9 Å². The summed E-state index contributed by atoms with van der Waals surface area (Å²) in [5.41, 5.74) is 6.48. The molecule has 7 heteroatoms. The third kappa shape index (κ3) is 3.75. The first-order valence-corrected chi connectivity index (χ1v) is 7.67. The fourth-order valence-corrected chi connectivity index (χ4v) is 2.52. The van der Waals surface area contributed by atoms with Gasteiger partial charge in [0.15, 0.2) is 5.16 Å². The van der Waals surface area contributed by atoms with E-state index in [2.05, 4.69) is 4.98 Å². The van der Waals surface area contributed by atoms with Crippen molar-refractivity contribution in [3.63, 3.8) is 0 Å². The minimum Gasteiger partial charge on any atom is -0.449 e. The van der Waals surface area contributed by atoms with Crippen molar-refractivity contribution in [2.45, 2.75) is 24.9 Å². The van der Waals surface area contributed by atoms with Crippen molar-refractivity contribution in [3.8, 4) is 0 Å². The highest BCUT2D eigenvalue weighted by Gasteiger charge is 2.18. The molecule has 1 aromatic carbocycles. The van der Waals surface area contributed by atoms with Crippen molar-refractivity contribution in [2.75, 3.05) is 12.4 Å². The fourth-order valence-electron chi connectivity index (χ4n) is 1.78. The van der Waals surface area contributed by atoms with Gasteiger partial charge in [-0.15, -0.1) is 0 Å². The molecule has 2 N–H and O–H groups in total. The van der Waals surface area contributed by atoms with Gasteiger partial charge in [-0.25, -0.2) is 14.3 Å². The van der Waals surface area contributed by atoms with Crippen molar-refractivity contribution in [2.24, 2.45) is 5.73 Å². The number of aromatic nitrogens is 2. The summed E-state index contributed by atoms with van der Waals surface area (Å²) in [5, 5.41) is 0.413. The third-order valence-electron chi connectivity index (χ3n) is 2.78. The molecule has 0 fully saturated rings. The summed E-state index contributed by atoms with van der Waals surface area (Å²) >= 11 is 1.12. The highest BCUT2D eigenvalue weighted by Crippen LogP contribution is 2.24. The molecule has 0 aliphatic carbocycles. The second kappa shape index (κ2) is 7.12. The molecule has 21 heavy (non-hydrogen) atoms. The summed E-state index contributed by atoms with van der Waals surface area (Å²) < 4.78 is 6.62. The number of primary amides is 1. The molecule has 0 saturated heterocycles. The third-order valence-corrected chi connectivity index (χ3v) is 3.74. The van der Waals surface area contributed by atoms with Gasteiger partial charge in [0.25, 0.3) is 0 Å². The van der Waals surface area contributed by atoms with E-state index in [-0.39, 0.29) is 5.75 Å². The van der Waals surface area contributed by atoms with Gasteiger partial charge in [0, 0.05) is 0 Å². The van der Waals surface area contributed by atoms with Crippen LogP contribution >= 0.6 is 11.8 Å². The molecule has 0 spiro atoms. The molecule has 6 nitrogen and oxygen atoms in total. The van der Waals surface area contributed by atoms with E-state index in [0.29, 0.717) is 22.8 Å². The van der Waals surface area contributed by atoms with Crippen LogP contribution in [-0.2, 0) is 9.53 Å². The second-order valence-electron chi connectivity index (χ2n) is 4.44. The highest BCUT2D eigenvalue weighted by atomic mass is 32.2. The molecule has 2 rings (SSSR count). The first-order valence-electron chi connectivity index (χ1n) is 6.69. The van der Waals surface area contributed by atoms with Crippen LogP contribution in [0.2, 0.25) is 0 Å². The number of unbranched alkanes of at least 4 members (excludes halogenated alkanes) is 1. The predicted molar refractivity (Wildman–Crippen MR) is 81.3 cm³/mol. The number of para-hydroxylation sites is 2. The number of thioether (sulfide) groups is 1. The summed E-state index contributed by atoms with van der Waals surface area (Å²) in [5.74, 6) is -0.399. The fraction of sp³-hybridized carbons (Fsp3) is 0.357. The molecule has 1 aromatic heterocycles. The molecule has 0 bridgehead atoms. The molecule has 0 saturated carbocycles. The van der Waals surface area contributed by atoms with Crippen molar-refractivity contribution >= 4 is 34.8 Å². The Morgan fingerprint density at radius 1 is 1.38 bits per heavy atom. The molecule has 0 aliphatic heterocycles. The van der Waals surface area contributed by atoms with Crippen LogP contribution in [0.25, 0.3) is 11.0 Å². The van der Waals surface area contributed by atoms with Gasteiger partial charge >= 0.3 is 6.09 Å². The topological polar surface area (TPSA) is 87.2 Å². The van der Waals surface area contributed by atoms with Crippen LogP contribution < -0.4 is 5.73 Å². The number of hydrogen-bond donors (Lipinski definition) is 1. The van der Waals surface area contributed by atoms with Crippen molar-refractivity contribution < 1.29 is 14.3 Å². The van der Waals surface area contributed by atoms with Gasteiger partial charge in [-0.05, 0) is 18.6 Å². The highest BCUT2D eigenvalue weighted by molar-refractivity contribution is 7.99. The maximum atomic E-state index is 12.2. The number of carbonyl (C=O) groups excluding carboxylic acids is 2. The number of rotatable bonds is 6. The van der Waals surface area contributed by atoms with Crippen molar-refractivity contribution in [1.29, 1.82) is 0 Å². The molecule has 0 atom stereocenters. The Hall–Kier alpha value is -2.02. The zero-order valence-corrected chi connectivity index (χ0v) is 12.6. The van der Waals surface area contributed by atoms with Crippen LogP contribution in [0.15, 0.2) is 29.4 Å². The van der Waals surface area contributed by atoms with Gasteiger partial charge in [0.05, 0.1) is 23.4 Å². The van der Waals surface area contributed by atoms with Crippen LogP contribution in [0.3, 0.4) is 0 Å². The molecule has 1 amide bonds. The molecule has 112 valence electrons. The molecule has 0 radical (unpaired) electrons. The zero-order valence-electron chi connectivity index (χ0n) is 11.7. The maximum Gasteiger partial charge on any atom is 0.420 e. The van der Waals surface area contributed by atoms with Crippen LogP contribution in [0.4, 0.5) is 4.79 Å². The van der Waals surface area contributed by atoms with Crippen molar-refractivity contribution in [3.05, 3.63) is 24.3 Å². The smallest absolute Gasteiger partial charge is 0.420 e. The Morgan fingerprint density at radius 2 is 2.14 bits per heavy atom. The Morgan fingerprint density at radius 3 is 2.86 bits per heavy atom. The summed E-state index contributed by atoms with van der Waals surface area (Å²) in [6, 6.07) is 7.25. The summed E-state index contributed by atoms with van der Waals surface area (Å²) in [7, 11) is 0. The number of carbonyl (C=O) groups is 2. The number of hydrogen-bond acceptors (Lipinski definition) is 5. The zero-order chi connectivity index (χ0) is 15.2. The number of imidazole rings is 1. The first-order chi connectivity index (χ1) is 10.1. The number of nitrogens with zero attached hydrogens (tertiary/aromatic N) is 2. The average Bonchev–Trinajstić information content (AvgIpc) is 2.83. The summed E-state index contributed by atoms with van der Waals surface area (Å²) in [6.07, 6.45) is 1.27. The van der Waals surface area contributed by atoms with Crippen LogP contribution in [0.1, 0.15) is 19.8 Å². The largest absolute Gasteiger partial charge is 0.449 e. The lowest BCUT2D eigenvalue weighted by Gasteiger charge is -2.07. The minimum atomic E-state index is -0.482. The molecule has 0 aliphatic rings. The van der Waals surface area contributed by atoms with E-state index >= 15 is 0 Å². The first kappa shape index (κ1) is 15.4. The second-order valence-corrected chi connectivity index (χ2v) is 5.38. The molecular weight excluding hydrogens is 290 g/mol. The van der Waals surface area contributed by atoms with E-state index in [9.17, 15) is 9.59 Å². The van der Waals surface area contributed by atoms with Gasteiger partial charge in [0.2, 0.25) is 5.91 Å². The monoisotopic (exact) mass is 307 g/mol. The van der Waals surface area contributed by atoms with E-state index < -0.39 is 12.0 Å². The predicted octanol–water partition coefficient (Wildman–Crippen LogP) is 2.40. The standard InChI is InChI=1S/C14H17N3O3S/c1-2-3-8-20-14(19)17-11-7-5-4-6-10(11)16-13(17)21-9-12(15)18/h4-7H,2-3,8-9H2,1H3,(H2,15,18). The van der Waals surface area contributed by atoms with Gasteiger partial charge in [-0.1, -0.05) is 37.2 Å². The number of amides is 1. The van der Waals surface area contributed by atoms with Gasteiger partial charge in [-0.2, -0.15) is 0 Å². The molecular formula is C14H17N3O3S. The lowest BCUT2D eigenvalue weighted by molar-refractivity contribution is -0.115. The van der Waals surface area contributed by atoms with E-state index in [1.54, 1.807) is 12.1 Å². The van der Waals surface area contributed by atoms with Gasteiger partial charge in [-0.3, -0.25) is 4.79 Å². The van der Waals surface area contributed by atoms with E-state index in [0.717, 1.165) is 24.6 Å². The Labute approximate surface area is 126 Å². The number of nitrogens with two attached hydrogens (primary N) is 1. The average molecular weight is 307 g/mol.